The van der Waals surface area contributed by atoms with Gasteiger partial charge >= 0.3 is 5.97 Å². The number of carboxylic acid groups (broad SMARTS) is 1. The quantitative estimate of drug-likeness (QED) is 0.227. The van der Waals surface area contributed by atoms with Crippen molar-refractivity contribution in [3.05, 3.63) is 29.8 Å². The summed E-state index contributed by atoms with van der Waals surface area (Å²) in [6.45, 7) is 4.48. The summed E-state index contributed by atoms with van der Waals surface area (Å²) in [4.78, 5) is 59.6. The van der Waals surface area contributed by atoms with Crippen LogP contribution in [0.15, 0.2) is 24.3 Å². The topological polar surface area (TPSA) is 188 Å². The highest BCUT2D eigenvalue weighted by Gasteiger charge is 2.27. The molecule has 0 spiro atoms. The lowest BCUT2D eigenvalue weighted by Gasteiger charge is -2.23. The van der Waals surface area contributed by atoms with E-state index in [4.69, 9.17) is 10.8 Å². The number of phenols is 1. The smallest absolute Gasteiger partial charge is 0.303 e. The molecule has 4 atom stereocenters. The number of carboxylic acids is 1. The van der Waals surface area contributed by atoms with Gasteiger partial charge in [-0.05, 0) is 51.3 Å². The molecule has 1 aromatic carbocycles. The molecule has 11 heteroatoms. The van der Waals surface area contributed by atoms with E-state index < -0.39 is 47.9 Å². The zero-order valence-electron chi connectivity index (χ0n) is 19.0. The van der Waals surface area contributed by atoms with Gasteiger partial charge in [0, 0.05) is 18.9 Å². The highest BCUT2D eigenvalue weighted by molar-refractivity contribution is 5.93. The minimum absolute atomic E-state index is 0.0658. The second-order valence-corrected chi connectivity index (χ2v) is 8.02. The number of Topliss-reactive ketones (excluding diaryl/α,β-unsaturated/α-hetero) is 1. The summed E-state index contributed by atoms with van der Waals surface area (Å²) in [6.07, 6.45) is -0.315. The van der Waals surface area contributed by atoms with Crippen molar-refractivity contribution in [2.75, 3.05) is 0 Å². The summed E-state index contributed by atoms with van der Waals surface area (Å²) in [5, 5.41) is 25.8. The fourth-order valence-corrected chi connectivity index (χ4v) is 3.02. The fourth-order valence-electron chi connectivity index (χ4n) is 3.02. The second kappa shape index (κ2) is 13.2. The zero-order chi connectivity index (χ0) is 25.1. The molecule has 1 aromatic rings. The molecule has 0 radical (unpaired) electrons. The van der Waals surface area contributed by atoms with Gasteiger partial charge in [0.25, 0.3) is 0 Å². The maximum atomic E-state index is 12.7. The van der Waals surface area contributed by atoms with Crippen LogP contribution in [-0.4, -0.2) is 63.9 Å². The van der Waals surface area contributed by atoms with Crippen LogP contribution in [0.5, 0.6) is 5.75 Å². The third-order valence-corrected chi connectivity index (χ3v) is 4.74. The van der Waals surface area contributed by atoms with Crippen molar-refractivity contribution >= 4 is 29.5 Å². The molecule has 0 aromatic heterocycles. The molecule has 0 saturated heterocycles. The number of nitrogens with two attached hydrogens (primary N) is 1. The van der Waals surface area contributed by atoms with Crippen LogP contribution in [0.2, 0.25) is 0 Å². The van der Waals surface area contributed by atoms with E-state index in [1.165, 1.54) is 26.0 Å². The summed E-state index contributed by atoms with van der Waals surface area (Å²) in [7, 11) is 0. The number of hydrogen-bond acceptors (Lipinski definition) is 7. The average molecular weight is 465 g/mol. The Morgan fingerprint density at radius 2 is 1.55 bits per heavy atom. The van der Waals surface area contributed by atoms with Crippen molar-refractivity contribution in [3.8, 4) is 5.75 Å². The molecule has 1 rings (SSSR count). The lowest BCUT2D eigenvalue weighted by Crippen LogP contribution is -2.56. The Morgan fingerprint density at radius 3 is 2.09 bits per heavy atom. The number of carbonyl (C=O) groups excluding carboxylic acids is 4. The standard InChI is InChI=1S/C22H32N4O7/c1-12(10-13(2)27)24-20(31)14(3)25-22(33)18(8-9-19(29)30)26-21(32)17(23)11-15-4-6-16(28)7-5-15/h4-7,12,14,17-18,28H,8-11,23H2,1-3H3,(H,24,31)(H,25,33)(H,26,32)(H,29,30)/t12?,14-,17-,18-/m0/s1. The van der Waals surface area contributed by atoms with Gasteiger partial charge in [-0.2, -0.15) is 0 Å². The van der Waals surface area contributed by atoms with Crippen LogP contribution < -0.4 is 21.7 Å². The van der Waals surface area contributed by atoms with Crippen molar-refractivity contribution in [1.29, 1.82) is 0 Å². The monoisotopic (exact) mass is 464 g/mol. The number of ketones is 1. The Kier molecular flexibility index (Phi) is 11.0. The van der Waals surface area contributed by atoms with E-state index in [0.29, 0.717) is 5.56 Å². The normalized spacial score (nSPS) is 14.3. The van der Waals surface area contributed by atoms with Crippen molar-refractivity contribution in [2.45, 2.75) is 70.6 Å². The number of aromatic hydroxyl groups is 1. The van der Waals surface area contributed by atoms with Crippen LogP contribution in [0, 0.1) is 0 Å². The van der Waals surface area contributed by atoms with Gasteiger partial charge in [-0.1, -0.05) is 12.1 Å². The van der Waals surface area contributed by atoms with Gasteiger partial charge in [0.1, 0.15) is 23.6 Å². The number of hydrogen-bond donors (Lipinski definition) is 6. The molecule has 0 heterocycles. The Labute approximate surface area is 192 Å². The third-order valence-electron chi connectivity index (χ3n) is 4.74. The fraction of sp³-hybridized carbons (Fsp3) is 0.500. The summed E-state index contributed by atoms with van der Waals surface area (Å²) < 4.78 is 0. The predicted molar refractivity (Wildman–Crippen MR) is 119 cm³/mol. The van der Waals surface area contributed by atoms with Crippen LogP contribution in [0.3, 0.4) is 0 Å². The maximum Gasteiger partial charge on any atom is 0.303 e. The number of phenolic OH excluding ortho intramolecular Hbond substituents is 1. The van der Waals surface area contributed by atoms with E-state index in [1.807, 2.05) is 0 Å². The summed E-state index contributed by atoms with van der Waals surface area (Å²) in [6, 6.07) is 2.46. The molecular formula is C22H32N4O7. The number of amides is 3. The van der Waals surface area contributed by atoms with Crippen LogP contribution in [-0.2, 0) is 30.4 Å². The first-order valence-electron chi connectivity index (χ1n) is 10.5. The van der Waals surface area contributed by atoms with Gasteiger partial charge in [0.15, 0.2) is 0 Å². The Balaban J connectivity index is 2.75. The highest BCUT2D eigenvalue weighted by atomic mass is 16.4. The molecule has 0 bridgehead atoms. The van der Waals surface area contributed by atoms with E-state index in [9.17, 15) is 29.1 Å². The number of rotatable bonds is 13. The van der Waals surface area contributed by atoms with E-state index in [-0.39, 0.29) is 37.2 Å². The molecule has 0 aliphatic heterocycles. The van der Waals surface area contributed by atoms with Gasteiger partial charge < -0.3 is 31.9 Å². The van der Waals surface area contributed by atoms with Crippen molar-refractivity contribution in [2.24, 2.45) is 5.73 Å². The van der Waals surface area contributed by atoms with Crippen molar-refractivity contribution in [1.82, 2.24) is 16.0 Å². The average Bonchev–Trinajstić information content (AvgIpc) is 2.71. The molecule has 1 unspecified atom stereocenters. The number of carbonyl (C=O) groups is 5. The molecule has 0 aliphatic carbocycles. The summed E-state index contributed by atoms with van der Waals surface area (Å²) in [5.41, 5.74) is 6.61. The molecule has 3 amide bonds. The molecular weight excluding hydrogens is 432 g/mol. The van der Waals surface area contributed by atoms with Gasteiger partial charge in [-0.3, -0.25) is 24.0 Å². The SMILES string of the molecule is CC(=O)CC(C)NC(=O)[C@H](C)NC(=O)[C@H](CCC(=O)O)NC(=O)[C@@H](N)Cc1ccc(O)cc1. The number of benzene rings is 1. The minimum atomic E-state index is -1.22. The van der Waals surface area contributed by atoms with Crippen molar-refractivity contribution < 1.29 is 34.2 Å². The lowest BCUT2D eigenvalue weighted by molar-refractivity contribution is -0.138. The molecule has 0 saturated carbocycles. The molecule has 0 fully saturated rings. The van der Waals surface area contributed by atoms with E-state index in [2.05, 4.69) is 16.0 Å². The molecule has 182 valence electrons. The van der Waals surface area contributed by atoms with Crippen LogP contribution in [0.4, 0.5) is 0 Å². The minimum Gasteiger partial charge on any atom is -0.508 e. The highest BCUT2D eigenvalue weighted by Crippen LogP contribution is 2.11. The largest absolute Gasteiger partial charge is 0.508 e. The van der Waals surface area contributed by atoms with Gasteiger partial charge in [-0.25, -0.2) is 0 Å². The van der Waals surface area contributed by atoms with Crippen LogP contribution >= 0.6 is 0 Å². The maximum absolute atomic E-state index is 12.7. The molecule has 33 heavy (non-hydrogen) atoms. The molecule has 11 nitrogen and oxygen atoms in total. The molecule has 0 aliphatic rings. The summed E-state index contributed by atoms with van der Waals surface area (Å²) in [5.74, 6) is -3.11. The zero-order valence-corrected chi connectivity index (χ0v) is 19.0. The lowest BCUT2D eigenvalue weighted by atomic mass is 10.0. The Morgan fingerprint density at radius 1 is 0.939 bits per heavy atom. The van der Waals surface area contributed by atoms with E-state index in [0.717, 1.165) is 0 Å². The number of nitrogens with one attached hydrogen (secondary N) is 3. The Bertz CT molecular complexity index is 857. The van der Waals surface area contributed by atoms with Gasteiger partial charge in [0.05, 0.1) is 6.04 Å². The Hall–Kier alpha value is -3.47. The first kappa shape index (κ1) is 27.6. The first-order chi connectivity index (χ1) is 15.4. The number of aliphatic carboxylic acids is 1. The third kappa shape index (κ3) is 10.6. The summed E-state index contributed by atoms with van der Waals surface area (Å²) >= 11 is 0. The van der Waals surface area contributed by atoms with Gasteiger partial charge in [-0.15, -0.1) is 0 Å². The van der Waals surface area contributed by atoms with E-state index in [1.54, 1.807) is 19.1 Å². The predicted octanol–water partition coefficient (Wildman–Crippen LogP) is -0.400. The van der Waals surface area contributed by atoms with Crippen LogP contribution in [0.25, 0.3) is 0 Å². The molecule has 7 N–H and O–H groups in total. The van der Waals surface area contributed by atoms with Crippen LogP contribution in [0.1, 0.15) is 45.6 Å². The first-order valence-corrected chi connectivity index (χ1v) is 10.5. The second-order valence-electron chi connectivity index (χ2n) is 8.02. The van der Waals surface area contributed by atoms with E-state index >= 15 is 0 Å². The van der Waals surface area contributed by atoms with Crippen molar-refractivity contribution in [3.63, 3.8) is 0 Å². The van der Waals surface area contributed by atoms with Gasteiger partial charge in [0.2, 0.25) is 17.7 Å².